The van der Waals surface area contributed by atoms with Crippen molar-refractivity contribution in [2.24, 2.45) is 14.1 Å². The van der Waals surface area contributed by atoms with Gasteiger partial charge in [-0.2, -0.15) is 38.4 Å². The lowest BCUT2D eigenvalue weighted by atomic mass is 9.94. The zero-order valence-electron chi connectivity index (χ0n) is 34.4. The van der Waals surface area contributed by atoms with Crippen LogP contribution in [-0.4, -0.2) is 118 Å². The molecule has 15 nitrogen and oxygen atoms in total. The van der Waals surface area contributed by atoms with Gasteiger partial charge in [0, 0.05) is 71.8 Å². The molecule has 9 heterocycles. The van der Waals surface area contributed by atoms with Crippen LogP contribution in [0.3, 0.4) is 0 Å². The predicted molar refractivity (Wildman–Crippen MR) is 215 cm³/mol. The molecule has 0 spiro atoms. The normalized spacial score (nSPS) is 22.6. The van der Waals surface area contributed by atoms with Crippen LogP contribution in [0.5, 0.6) is 6.01 Å². The van der Waals surface area contributed by atoms with Gasteiger partial charge in [0.05, 0.1) is 51.5 Å². The number of carbonyl (C=O) groups is 1. The molecule has 0 N–H and O–H groups in total. The third-order valence-electron chi connectivity index (χ3n) is 13.0. The summed E-state index contributed by atoms with van der Waals surface area (Å²) in [5, 5.41) is 15.0. The highest BCUT2D eigenvalue weighted by Gasteiger charge is 2.49. The van der Waals surface area contributed by atoms with Crippen LogP contribution in [0, 0.1) is 6.92 Å². The molecule has 3 saturated heterocycles. The zero-order valence-corrected chi connectivity index (χ0v) is 34.4. The number of alkyl halides is 4. The van der Waals surface area contributed by atoms with Crippen LogP contribution < -0.4 is 9.64 Å². The zero-order chi connectivity index (χ0) is 41.8. The predicted octanol–water partition coefficient (Wildman–Crippen LogP) is 6.16. The monoisotopic (exact) mass is 832 g/mol. The Bertz CT molecular complexity index is 2670. The van der Waals surface area contributed by atoms with Gasteiger partial charge in [-0.25, -0.2) is 9.07 Å². The Labute approximate surface area is 342 Å². The Morgan fingerprint density at radius 1 is 1.05 bits per heavy atom. The first-order valence-electron chi connectivity index (χ1n) is 20.7. The van der Waals surface area contributed by atoms with E-state index in [0.717, 1.165) is 37.9 Å². The summed E-state index contributed by atoms with van der Waals surface area (Å²) in [5.74, 6) is 0.297. The van der Waals surface area contributed by atoms with E-state index in [9.17, 15) is 9.18 Å². The van der Waals surface area contributed by atoms with Crippen LogP contribution in [-0.2, 0) is 38.1 Å². The van der Waals surface area contributed by atoms with Crippen LogP contribution in [0.15, 0.2) is 18.3 Å². The van der Waals surface area contributed by atoms with Gasteiger partial charge in [-0.15, -0.1) is 0 Å². The largest absolute Gasteiger partial charge is 0.461 e. The minimum Gasteiger partial charge on any atom is -0.461 e. The van der Waals surface area contributed by atoms with E-state index in [-0.39, 0.29) is 35.3 Å². The van der Waals surface area contributed by atoms with Crippen LogP contribution in [0.4, 0.5) is 23.4 Å². The second-order valence-corrected chi connectivity index (χ2v) is 17.1. The fourth-order valence-electron chi connectivity index (χ4n) is 10.2. The number of benzene rings is 1. The van der Waals surface area contributed by atoms with E-state index in [4.69, 9.17) is 24.5 Å². The summed E-state index contributed by atoms with van der Waals surface area (Å²) >= 11 is 0. The average Bonchev–Trinajstić information content (AvgIpc) is 4.05. The summed E-state index contributed by atoms with van der Waals surface area (Å²) in [4.78, 5) is 28.7. The molecule has 0 radical (unpaired) electrons. The lowest BCUT2D eigenvalue weighted by Crippen LogP contribution is -2.43. The van der Waals surface area contributed by atoms with Gasteiger partial charge in [-0.3, -0.25) is 19.1 Å². The first kappa shape index (κ1) is 38.9. The molecule has 6 aromatic rings. The highest BCUT2D eigenvalue weighted by molar-refractivity contribution is 6.16. The summed E-state index contributed by atoms with van der Waals surface area (Å²) in [7, 11) is 6.86. The number of aryl methyl sites for hydroxylation is 4. The van der Waals surface area contributed by atoms with Gasteiger partial charge in [-0.05, 0) is 69.7 Å². The molecular weight excluding hydrogens is 785 g/mol. The smallest absolute Gasteiger partial charge is 0.417 e. The van der Waals surface area contributed by atoms with E-state index >= 15 is 13.2 Å². The minimum atomic E-state index is -4.72. The maximum absolute atomic E-state index is 15.3. The first-order valence-corrected chi connectivity index (χ1v) is 20.7. The van der Waals surface area contributed by atoms with E-state index in [1.54, 1.807) is 54.3 Å². The molecule has 10 rings (SSSR count). The van der Waals surface area contributed by atoms with Crippen molar-refractivity contribution in [1.82, 2.24) is 53.7 Å². The minimum absolute atomic E-state index is 0.0485. The molecule has 60 heavy (non-hydrogen) atoms. The topological polar surface area (TPSA) is 129 Å². The van der Waals surface area contributed by atoms with Gasteiger partial charge in [0.2, 0.25) is 0 Å². The fourth-order valence-corrected chi connectivity index (χ4v) is 10.2. The van der Waals surface area contributed by atoms with Crippen LogP contribution in [0.1, 0.15) is 78.5 Å². The second kappa shape index (κ2) is 14.1. The van der Waals surface area contributed by atoms with Gasteiger partial charge in [0.15, 0.2) is 17.6 Å². The lowest BCUT2D eigenvalue weighted by Gasteiger charge is -2.31. The first-order chi connectivity index (χ1) is 28.7. The van der Waals surface area contributed by atoms with Crippen LogP contribution in [0.2, 0.25) is 0 Å². The summed E-state index contributed by atoms with van der Waals surface area (Å²) < 4.78 is 80.3. The molecule has 4 aliphatic heterocycles. The highest BCUT2D eigenvalue weighted by atomic mass is 19.4. The number of ether oxygens (including phenoxy) is 2. The Morgan fingerprint density at radius 3 is 2.65 bits per heavy atom. The van der Waals surface area contributed by atoms with E-state index in [1.807, 2.05) is 4.68 Å². The number of rotatable bonds is 7. The SMILES string of the molecule is Cc1cc2c(cnn2C2CCCCO2)c(-c2nn(C)c3c4c(N5CCCn6nc(C(=O)N(C)C)cc6C5)nc(OC[C@@]56CCCN5C[C@H](F)C6)nc4n(C)c23)c1C(F)(F)F. The quantitative estimate of drug-likeness (QED) is 0.173. The van der Waals surface area contributed by atoms with Crippen LogP contribution in [0.25, 0.3) is 44.2 Å². The number of fused-ring (bicyclic) bond motifs is 6. The number of carbonyl (C=O) groups excluding carboxylic acids is 1. The maximum atomic E-state index is 15.3. The number of aromatic nitrogens is 9. The number of anilines is 1. The Hall–Kier alpha value is -5.30. The van der Waals surface area contributed by atoms with Gasteiger partial charge in [0.1, 0.15) is 24.3 Å². The molecule has 1 aromatic carbocycles. The van der Waals surface area contributed by atoms with Gasteiger partial charge >= 0.3 is 12.2 Å². The third-order valence-corrected chi connectivity index (χ3v) is 13.0. The fraction of sp³-hybridized carbons (Fsp3) is 0.561. The van der Waals surface area contributed by atoms with Crippen molar-refractivity contribution in [1.29, 1.82) is 0 Å². The molecule has 1 amide bonds. The molecule has 3 fully saturated rings. The van der Waals surface area contributed by atoms with Gasteiger partial charge in [0.25, 0.3) is 5.91 Å². The molecule has 318 valence electrons. The van der Waals surface area contributed by atoms with Crippen molar-refractivity contribution >= 4 is 44.7 Å². The standard InChI is InChI=1S/C41H48F4N12O3/c1-23-16-28-26(19-46-57(28)29-10-6-7-15-59-29)30(32(23)41(43,44)45)33-35-34(53(5)50-33)31-36(52(35)4)47-39(60-22-40-11-8-13-55(40)20-24(42)18-40)48-37(31)54-12-9-14-56-25(21-54)17-27(49-56)38(58)51(2)3/h16-17,19,24,29H,6-15,18,20-22H2,1-5H3/t24-,29?,40+/m1/s1. The van der Waals surface area contributed by atoms with Crippen molar-refractivity contribution in [3.63, 3.8) is 0 Å². The van der Waals surface area contributed by atoms with Crippen molar-refractivity contribution in [2.45, 2.75) is 89.1 Å². The number of halogens is 4. The molecular formula is C41H48F4N12O3. The molecule has 0 saturated carbocycles. The number of hydrogen-bond donors (Lipinski definition) is 0. The summed E-state index contributed by atoms with van der Waals surface area (Å²) in [6.45, 7) is 4.84. The summed E-state index contributed by atoms with van der Waals surface area (Å²) in [6, 6.07) is 3.43. The number of nitrogens with zero attached hydrogens (tertiary/aromatic N) is 12. The number of amides is 1. The van der Waals surface area contributed by atoms with E-state index in [0.29, 0.717) is 96.5 Å². The summed E-state index contributed by atoms with van der Waals surface area (Å²) in [6.07, 6.45) is 0.751. The Morgan fingerprint density at radius 2 is 1.88 bits per heavy atom. The summed E-state index contributed by atoms with van der Waals surface area (Å²) in [5.41, 5.74) is 1.97. The molecule has 3 atom stereocenters. The highest BCUT2D eigenvalue weighted by Crippen LogP contribution is 2.48. The molecule has 0 bridgehead atoms. The van der Waals surface area contributed by atoms with Gasteiger partial charge in [-0.1, -0.05) is 0 Å². The van der Waals surface area contributed by atoms with E-state index in [1.165, 1.54) is 18.0 Å². The van der Waals surface area contributed by atoms with Crippen molar-refractivity contribution in [3.8, 4) is 17.3 Å². The molecule has 0 aliphatic carbocycles. The lowest BCUT2D eigenvalue weighted by molar-refractivity contribution is -0.137. The Kier molecular flexibility index (Phi) is 9.16. The second-order valence-electron chi connectivity index (χ2n) is 17.1. The van der Waals surface area contributed by atoms with Crippen LogP contribution >= 0.6 is 0 Å². The van der Waals surface area contributed by atoms with Crippen molar-refractivity contribution in [3.05, 3.63) is 40.8 Å². The molecule has 19 heteroatoms. The van der Waals surface area contributed by atoms with E-state index < -0.39 is 29.7 Å². The van der Waals surface area contributed by atoms with E-state index in [2.05, 4.69) is 20.0 Å². The van der Waals surface area contributed by atoms with Gasteiger partial charge < -0.3 is 23.8 Å². The third kappa shape index (κ3) is 6.12. The molecule has 1 unspecified atom stereocenters. The Balaban J connectivity index is 1.17. The molecule has 4 aliphatic rings. The van der Waals surface area contributed by atoms with Crippen molar-refractivity contribution in [2.75, 3.05) is 51.8 Å². The molecule has 5 aromatic heterocycles. The number of hydrogen-bond acceptors (Lipinski definition) is 10. The van der Waals surface area contributed by atoms with Crippen molar-refractivity contribution < 1.29 is 31.8 Å². The average molecular weight is 833 g/mol. The maximum Gasteiger partial charge on any atom is 0.417 e.